The quantitative estimate of drug-likeness (QED) is 0.775. The van der Waals surface area contributed by atoms with Crippen molar-refractivity contribution < 1.29 is 26.3 Å². The summed E-state index contributed by atoms with van der Waals surface area (Å²) in [6.07, 6.45) is -4.60. The van der Waals surface area contributed by atoms with Crippen LogP contribution in [0.4, 0.5) is 13.2 Å². The third kappa shape index (κ3) is 4.96. The number of halogens is 3. The number of ether oxygens (including phenoxy) is 1. The Morgan fingerprint density at radius 2 is 1.72 bits per heavy atom. The van der Waals surface area contributed by atoms with E-state index in [-0.39, 0.29) is 13.2 Å². The molecule has 0 radical (unpaired) electrons. The summed E-state index contributed by atoms with van der Waals surface area (Å²) in [4.78, 5) is -0.403. The number of rotatable bonds is 6. The Kier molecular flexibility index (Phi) is 5.74. The molecule has 0 spiro atoms. The predicted molar refractivity (Wildman–Crippen MR) is 87.9 cm³/mol. The van der Waals surface area contributed by atoms with Crippen LogP contribution in [0.2, 0.25) is 0 Å². The van der Waals surface area contributed by atoms with Crippen LogP contribution in [0.25, 0.3) is 0 Å². The van der Waals surface area contributed by atoms with Gasteiger partial charge in [0.15, 0.2) is 0 Å². The Hall–Kier alpha value is -2.06. The molecule has 0 N–H and O–H groups in total. The van der Waals surface area contributed by atoms with E-state index in [9.17, 15) is 21.6 Å². The van der Waals surface area contributed by atoms with Gasteiger partial charge in [0.1, 0.15) is 12.4 Å². The maximum atomic E-state index is 12.7. The van der Waals surface area contributed by atoms with Gasteiger partial charge in [-0.1, -0.05) is 23.8 Å². The van der Waals surface area contributed by atoms with Crippen LogP contribution in [0.3, 0.4) is 0 Å². The number of hydrogen-bond donors (Lipinski definition) is 0. The molecule has 0 unspecified atom stereocenters. The lowest BCUT2D eigenvalue weighted by Crippen LogP contribution is -2.31. The molecule has 0 aromatic heterocycles. The highest BCUT2D eigenvalue weighted by Gasteiger charge is 2.32. The molecule has 2 aromatic rings. The van der Waals surface area contributed by atoms with Crippen molar-refractivity contribution in [1.29, 1.82) is 0 Å². The summed E-state index contributed by atoms with van der Waals surface area (Å²) >= 11 is 0. The molecule has 0 amide bonds. The van der Waals surface area contributed by atoms with Gasteiger partial charge in [-0.3, -0.25) is 0 Å². The second kappa shape index (κ2) is 7.45. The summed E-state index contributed by atoms with van der Waals surface area (Å²) in [6, 6.07) is 10.9. The van der Waals surface area contributed by atoms with E-state index < -0.39 is 26.7 Å². The molecule has 0 saturated heterocycles. The Bertz CT molecular complexity index is 818. The summed E-state index contributed by atoms with van der Waals surface area (Å²) in [5.74, 6) is 0.593. The number of alkyl halides is 3. The molecule has 4 nitrogen and oxygen atoms in total. The second-order valence-electron chi connectivity index (χ2n) is 5.51. The van der Waals surface area contributed by atoms with Crippen LogP contribution in [0.1, 0.15) is 11.1 Å². The van der Waals surface area contributed by atoms with E-state index in [0.717, 1.165) is 28.1 Å². The topological polar surface area (TPSA) is 46.6 Å². The lowest BCUT2D eigenvalue weighted by Gasteiger charge is -2.18. The van der Waals surface area contributed by atoms with Crippen LogP contribution < -0.4 is 4.74 Å². The first-order valence-electron chi connectivity index (χ1n) is 7.44. The van der Waals surface area contributed by atoms with Gasteiger partial charge >= 0.3 is 6.18 Å². The average Bonchev–Trinajstić information content (AvgIpc) is 2.56. The van der Waals surface area contributed by atoms with Crippen molar-refractivity contribution in [2.45, 2.75) is 18.0 Å². The molecule has 2 aromatic carbocycles. The highest BCUT2D eigenvalue weighted by Crippen LogP contribution is 2.31. The fourth-order valence-corrected chi connectivity index (χ4v) is 3.26. The lowest BCUT2D eigenvalue weighted by atomic mass is 10.2. The first-order valence-corrected chi connectivity index (χ1v) is 8.88. The van der Waals surface area contributed by atoms with Crippen molar-refractivity contribution in [3.63, 3.8) is 0 Å². The molecule has 8 heteroatoms. The fourth-order valence-electron chi connectivity index (χ4n) is 2.06. The number of likely N-dealkylation sites (N-methyl/N-ethyl adjacent to an activating group) is 1. The third-order valence-electron chi connectivity index (χ3n) is 3.57. The average molecular weight is 373 g/mol. The number of nitrogens with zero attached hydrogens (tertiary/aromatic N) is 1. The second-order valence-corrected chi connectivity index (χ2v) is 7.56. The van der Waals surface area contributed by atoms with Crippen LogP contribution in [-0.2, 0) is 16.2 Å². The van der Waals surface area contributed by atoms with Crippen molar-refractivity contribution >= 4 is 10.0 Å². The van der Waals surface area contributed by atoms with E-state index in [0.29, 0.717) is 11.8 Å². The van der Waals surface area contributed by atoms with Crippen LogP contribution in [0, 0.1) is 6.92 Å². The number of benzene rings is 2. The van der Waals surface area contributed by atoms with Crippen molar-refractivity contribution in [3.8, 4) is 5.75 Å². The van der Waals surface area contributed by atoms with E-state index in [4.69, 9.17) is 4.74 Å². The van der Waals surface area contributed by atoms with Gasteiger partial charge in [-0.25, -0.2) is 8.42 Å². The lowest BCUT2D eigenvalue weighted by molar-refractivity contribution is -0.137. The molecule has 0 bridgehead atoms. The van der Waals surface area contributed by atoms with Gasteiger partial charge < -0.3 is 4.74 Å². The Morgan fingerprint density at radius 1 is 1.08 bits per heavy atom. The minimum absolute atomic E-state index is 0.00640. The highest BCUT2D eigenvalue weighted by molar-refractivity contribution is 7.89. The predicted octanol–water partition coefficient (Wildman–Crippen LogP) is 3.71. The molecule has 0 aliphatic heterocycles. The van der Waals surface area contributed by atoms with E-state index >= 15 is 0 Å². The van der Waals surface area contributed by atoms with Gasteiger partial charge in [-0.15, -0.1) is 0 Å². The molecule has 2 rings (SSSR count). The van der Waals surface area contributed by atoms with E-state index in [1.807, 2.05) is 19.1 Å². The maximum Gasteiger partial charge on any atom is 0.416 e. The van der Waals surface area contributed by atoms with Gasteiger partial charge in [-0.2, -0.15) is 17.5 Å². The van der Waals surface area contributed by atoms with Gasteiger partial charge in [0.25, 0.3) is 0 Å². The standard InChI is InChI=1S/C17H18F3NO3S/c1-13-6-8-15(9-7-13)24-11-10-21(2)25(22,23)16-5-3-4-14(12-16)17(18,19)20/h3-9,12H,10-11H2,1-2H3. The van der Waals surface area contributed by atoms with Crippen LogP contribution in [0.5, 0.6) is 5.75 Å². The molecule has 0 heterocycles. The molecular weight excluding hydrogens is 355 g/mol. The summed E-state index contributed by atoms with van der Waals surface area (Å²) < 4.78 is 69.5. The van der Waals surface area contributed by atoms with Crippen LogP contribution >= 0.6 is 0 Å². The van der Waals surface area contributed by atoms with Gasteiger partial charge in [-0.05, 0) is 37.3 Å². The minimum atomic E-state index is -4.60. The monoisotopic (exact) mass is 373 g/mol. The zero-order valence-electron chi connectivity index (χ0n) is 13.7. The third-order valence-corrected chi connectivity index (χ3v) is 5.42. The number of aryl methyl sites for hydroxylation is 1. The molecular formula is C17H18F3NO3S. The molecule has 0 aliphatic rings. The van der Waals surface area contributed by atoms with Crippen molar-refractivity contribution in [2.24, 2.45) is 0 Å². The van der Waals surface area contributed by atoms with E-state index in [2.05, 4.69) is 0 Å². The van der Waals surface area contributed by atoms with Gasteiger partial charge in [0.2, 0.25) is 10.0 Å². The Morgan fingerprint density at radius 3 is 2.32 bits per heavy atom. The van der Waals surface area contributed by atoms with Crippen LogP contribution in [0.15, 0.2) is 53.4 Å². The molecule has 136 valence electrons. The maximum absolute atomic E-state index is 12.7. The van der Waals surface area contributed by atoms with E-state index in [1.54, 1.807) is 12.1 Å². The molecule has 0 atom stereocenters. The van der Waals surface area contributed by atoms with Crippen LogP contribution in [-0.4, -0.2) is 32.9 Å². The Balaban J connectivity index is 2.04. The fraction of sp³-hybridized carbons (Fsp3) is 0.294. The zero-order valence-corrected chi connectivity index (χ0v) is 14.6. The molecule has 25 heavy (non-hydrogen) atoms. The highest BCUT2D eigenvalue weighted by atomic mass is 32.2. The zero-order chi connectivity index (χ0) is 18.7. The first-order chi connectivity index (χ1) is 11.6. The van der Waals surface area contributed by atoms with E-state index in [1.165, 1.54) is 7.05 Å². The van der Waals surface area contributed by atoms with Gasteiger partial charge in [0.05, 0.1) is 10.5 Å². The Labute approximate surface area is 144 Å². The van der Waals surface area contributed by atoms with Crippen molar-refractivity contribution in [3.05, 3.63) is 59.7 Å². The van der Waals surface area contributed by atoms with Crippen molar-refractivity contribution in [1.82, 2.24) is 4.31 Å². The van der Waals surface area contributed by atoms with Crippen molar-refractivity contribution in [2.75, 3.05) is 20.2 Å². The SMILES string of the molecule is Cc1ccc(OCCN(C)S(=O)(=O)c2cccc(C(F)(F)F)c2)cc1. The molecule has 0 aliphatic carbocycles. The summed E-state index contributed by atoms with van der Waals surface area (Å²) in [6.45, 7) is 2.02. The largest absolute Gasteiger partial charge is 0.492 e. The summed E-state index contributed by atoms with van der Waals surface area (Å²) in [7, 11) is -2.73. The smallest absolute Gasteiger partial charge is 0.416 e. The minimum Gasteiger partial charge on any atom is -0.492 e. The number of sulfonamides is 1. The first kappa shape index (κ1) is 19.3. The normalized spacial score (nSPS) is 12.4. The summed E-state index contributed by atoms with van der Waals surface area (Å²) in [5, 5.41) is 0. The number of hydrogen-bond acceptors (Lipinski definition) is 3. The molecule has 0 saturated carbocycles. The molecule has 0 fully saturated rings. The summed E-state index contributed by atoms with van der Waals surface area (Å²) in [5.41, 5.74) is 0.0643. The van der Waals surface area contributed by atoms with Gasteiger partial charge in [0, 0.05) is 13.6 Å².